The molecule has 1 unspecified atom stereocenters. The Balaban J connectivity index is 1.97. The summed E-state index contributed by atoms with van der Waals surface area (Å²) >= 11 is 1.70. The van der Waals surface area contributed by atoms with E-state index in [2.05, 4.69) is 49.9 Å². The summed E-state index contributed by atoms with van der Waals surface area (Å²) in [5, 5.41) is 4.56. The lowest BCUT2D eigenvalue weighted by molar-refractivity contribution is 0.148. The van der Waals surface area contributed by atoms with Gasteiger partial charge in [0, 0.05) is 4.88 Å². The molecule has 0 radical (unpaired) electrons. The number of benzene rings is 1. The van der Waals surface area contributed by atoms with Crippen LogP contribution in [0.2, 0.25) is 0 Å². The molecule has 5 heteroatoms. The smallest absolute Gasteiger partial charge is 0.143 e. The molecule has 2 heterocycles. The maximum absolute atomic E-state index is 6.27. The fourth-order valence-electron chi connectivity index (χ4n) is 2.93. The van der Waals surface area contributed by atoms with Crippen molar-refractivity contribution in [2.24, 2.45) is 5.92 Å². The van der Waals surface area contributed by atoms with Gasteiger partial charge < -0.3 is 10.1 Å². The van der Waals surface area contributed by atoms with Gasteiger partial charge in [-0.2, -0.15) is 0 Å². The summed E-state index contributed by atoms with van der Waals surface area (Å²) < 4.78 is 6.27. The number of ether oxygens (including phenoxy) is 1. The number of aromatic nitrogens is 2. The highest BCUT2D eigenvalue weighted by molar-refractivity contribution is 7.18. The Morgan fingerprint density at radius 1 is 1.16 bits per heavy atom. The van der Waals surface area contributed by atoms with E-state index in [4.69, 9.17) is 4.74 Å². The van der Waals surface area contributed by atoms with Crippen molar-refractivity contribution in [3.8, 4) is 5.75 Å². The average Bonchev–Trinajstić information content (AvgIpc) is 2.89. The van der Waals surface area contributed by atoms with Crippen LogP contribution in [0.1, 0.15) is 37.6 Å². The summed E-state index contributed by atoms with van der Waals surface area (Å²) in [7, 11) is 0. The van der Waals surface area contributed by atoms with Crippen LogP contribution in [-0.4, -0.2) is 16.1 Å². The van der Waals surface area contributed by atoms with Crippen LogP contribution in [0.4, 0.5) is 11.5 Å². The van der Waals surface area contributed by atoms with Crippen molar-refractivity contribution in [2.75, 3.05) is 5.32 Å². The number of rotatable bonds is 6. The fraction of sp³-hybridized carbons (Fsp3) is 0.400. The minimum Gasteiger partial charge on any atom is -0.488 e. The van der Waals surface area contributed by atoms with Gasteiger partial charge in [-0.1, -0.05) is 32.9 Å². The van der Waals surface area contributed by atoms with Gasteiger partial charge in [0.25, 0.3) is 0 Å². The Bertz CT molecular complexity index is 873. The van der Waals surface area contributed by atoms with Crippen LogP contribution in [0, 0.1) is 19.8 Å². The monoisotopic (exact) mass is 355 g/mol. The second-order valence-corrected chi connectivity index (χ2v) is 7.82. The number of thiophene rings is 1. The van der Waals surface area contributed by atoms with E-state index >= 15 is 0 Å². The maximum Gasteiger partial charge on any atom is 0.143 e. The van der Waals surface area contributed by atoms with E-state index in [1.54, 1.807) is 17.7 Å². The van der Waals surface area contributed by atoms with Gasteiger partial charge in [0.15, 0.2) is 0 Å². The highest BCUT2D eigenvalue weighted by Crippen LogP contribution is 2.36. The molecule has 0 aliphatic heterocycles. The topological polar surface area (TPSA) is 47.0 Å². The third-order valence-corrected chi connectivity index (χ3v) is 5.65. The number of nitrogens with zero attached hydrogens (tertiary/aromatic N) is 2. The quantitative estimate of drug-likeness (QED) is 0.601. The minimum absolute atomic E-state index is 0.193. The summed E-state index contributed by atoms with van der Waals surface area (Å²) in [6.07, 6.45) is 2.79. The first kappa shape index (κ1) is 17.7. The molecule has 3 aromatic rings. The molecule has 0 bridgehead atoms. The molecule has 0 fully saturated rings. The van der Waals surface area contributed by atoms with E-state index in [1.807, 2.05) is 24.3 Å². The van der Waals surface area contributed by atoms with E-state index in [0.717, 1.165) is 33.9 Å². The third-order valence-electron chi connectivity index (χ3n) is 4.53. The molecule has 3 rings (SSSR count). The van der Waals surface area contributed by atoms with Crippen LogP contribution in [0.5, 0.6) is 5.75 Å². The predicted octanol–water partition coefficient (Wildman–Crippen LogP) is 5.87. The van der Waals surface area contributed by atoms with Crippen molar-refractivity contribution in [3.05, 3.63) is 41.0 Å². The molecule has 0 saturated heterocycles. The van der Waals surface area contributed by atoms with Crippen molar-refractivity contribution >= 4 is 33.1 Å². The van der Waals surface area contributed by atoms with Crippen molar-refractivity contribution < 1.29 is 4.74 Å². The highest BCUT2D eigenvalue weighted by atomic mass is 32.1. The van der Waals surface area contributed by atoms with E-state index < -0.39 is 0 Å². The second kappa shape index (κ2) is 7.40. The molecular weight excluding hydrogens is 330 g/mol. The van der Waals surface area contributed by atoms with Crippen LogP contribution in [0.15, 0.2) is 30.6 Å². The zero-order valence-corrected chi connectivity index (χ0v) is 16.3. The molecule has 1 aromatic carbocycles. The number of anilines is 2. The van der Waals surface area contributed by atoms with Crippen molar-refractivity contribution in [1.82, 2.24) is 9.97 Å². The zero-order chi connectivity index (χ0) is 18.0. The molecular formula is C20H25N3OS. The molecule has 0 saturated carbocycles. The predicted molar refractivity (Wildman–Crippen MR) is 106 cm³/mol. The van der Waals surface area contributed by atoms with Gasteiger partial charge in [-0.3, -0.25) is 0 Å². The molecule has 0 aliphatic carbocycles. The molecule has 4 nitrogen and oxygen atoms in total. The second-order valence-electron chi connectivity index (χ2n) is 6.62. The summed E-state index contributed by atoms with van der Waals surface area (Å²) in [4.78, 5) is 11.2. The molecule has 0 aliphatic rings. The Hall–Kier alpha value is -2.14. The Morgan fingerprint density at radius 3 is 2.64 bits per heavy atom. The lowest BCUT2D eigenvalue weighted by Gasteiger charge is -2.23. The molecule has 2 aromatic heterocycles. The Labute approximate surface area is 153 Å². The van der Waals surface area contributed by atoms with Gasteiger partial charge in [0.2, 0.25) is 0 Å². The molecule has 1 atom stereocenters. The number of hydrogen-bond acceptors (Lipinski definition) is 5. The van der Waals surface area contributed by atoms with Gasteiger partial charge >= 0.3 is 0 Å². The number of hydrogen-bond donors (Lipinski definition) is 1. The molecule has 0 amide bonds. The Morgan fingerprint density at radius 2 is 1.92 bits per heavy atom. The van der Waals surface area contributed by atoms with E-state index in [1.165, 1.54) is 10.4 Å². The number of nitrogens with one attached hydrogen (secondary N) is 1. The summed E-state index contributed by atoms with van der Waals surface area (Å²) in [6, 6.07) is 8.06. The zero-order valence-electron chi connectivity index (χ0n) is 15.5. The van der Waals surface area contributed by atoms with Crippen LogP contribution in [-0.2, 0) is 0 Å². The summed E-state index contributed by atoms with van der Waals surface area (Å²) in [5.74, 6) is 2.16. The van der Waals surface area contributed by atoms with Crippen molar-refractivity contribution in [2.45, 2.75) is 47.1 Å². The van der Waals surface area contributed by atoms with Gasteiger partial charge in [-0.25, -0.2) is 9.97 Å². The van der Waals surface area contributed by atoms with Gasteiger partial charge in [0.1, 0.15) is 28.8 Å². The summed E-state index contributed by atoms with van der Waals surface area (Å²) in [5.41, 5.74) is 2.17. The van der Waals surface area contributed by atoms with Crippen LogP contribution in [0.25, 0.3) is 10.2 Å². The molecule has 132 valence electrons. The fourth-order valence-corrected chi connectivity index (χ4v) is 3.93. The van der Waals surface area contributed by atoms with E-state index in [9.17, 15) is 0 Å². The summed E-state index contributed by atoms with van der Waals surface area (Å²) in [6.45, 7) is 10.8. The van der Waals surface area contributed by atoms with E-state index in [-0.39, 0.29) is 6.10 Å². The lowest BCUT2D eigenvalue weighted by Crippen LogP contribution is -2.22. The lowest BCUT2D eigenvalue weighted by atomic mass is 10.1. The van der Waals surface area contributed by atoms with Crippen LogP contribution < -0.4 is 10.1 Å². The maximum atomic E-state index is 6.27. The molecule has 25 heavy (non-hydrogen) atoms. The van der Waals surface area contributed by atoms with Gasteiger partial charge in [-0.05, 0) is 43.9 Å². The van der Waals surface area contributed by atoms with Crippen LogP contribution in [0.3, 0.4) is 0 Å². The number of para-hydroxylation sites is 2. The first-order valence-corrected chi connectivity index (χ1v) is 9.56. The first-order valence-electron chi connectivity index (χ1n) is 8.74. The van der Waals surface area contributed by atoms with Crippen molar-refractivity contribution in [3.63, 3.8) is 0 Å². The molecule has 0 spiro atoms. The average molecular weight is 356 g/mol. The highest BCUT2D eigenvalue weighted by Gasteiger charge is 2.17. The third kappa shape index (κ3) is 3.61. The van der Waals surface area contributed by atoms with Crippen LogP contribution >= 0.6 is 11.3 Å². The largest absolute Gasteiger partial charge is 0.488 e. The number of fused-ring (bicyclic) bond motifs is 1. The van der Waals surface area contributed by atoms with Gasteiger partial charge in [-0.15, -0.1) is 11.3 Å². The minimum atomic E-state index is 0.193. The SMILES string of the molecule is CCC(Oc1ccccc1Nc1ncnc2sc(C)c(C)c12)C(C)C. The molecule has 1 N–H and O–H groups in total. The normalized spacial score (nSPS) is 12.6. The van der Waals surface area contributed by atoms with Gasteiger partial charge in [0.05, 0.1) is 11.1 Å². The number of aryl methyl sites for hydroxylation is 2. The Kier molecular flexibility index (Phi) is 5.23. The first-order chi connectivity index (χ1) is 12.0. The van der Waals surface area contributed by atoms with E-state index in [0.29, 0.717) is 5.92 Å². The standard InChI is InChI=1S/C20H25N3OS/c1-6-16(12(2)3)24-17-10-8-7-9-15(17)23-19-18-13(4)14(5)25-20(18)22-11-21-19/h7-12,16H,6H2,1-5H3,(H,21,22,23). The van der Waals surface area contributed by atoms with Crippen molar-refractivity contribution in [1.29, 1.82) is 0 Å².